The predicted molar refractivity (Wildman–Crippen MR) is 68.7 cm³/mol. The molecule has 0 aliphatic carbocycles. The highest BCUT2D eigenvalue weighted by atomic mass is 32.1. The maximum atomic E-state index is 10.5. The lowest BCUT2D eigenvalue weighted by atomic mass is 10.2. The molecule has 1 heterocycles. The Kier molecular flexibility index (Phi) is 3.62. The molecule has 0 aliphatic rings. The quantitative estimate of drug-likeness (QED) is 0.472. The monoisotopic (exact) mass is 246 g/mol. The van der Waals surface area contributed by atoms with Crippen molar-refractivity contribution in [1.29, 1.82) is 0 Å². The Hall–Kier alpha value is -2.01. The molecular weight excluding hydrogens is 236 g/mol. The van der Waals surface area contributed by atoms with Crippen LogP contribution in [0, 0.1) is 10.1 Å². The van der Waals surface area contributed by atoms with Gasteiger partial charge in [0.1, 0.15) is 0 Å². The van der Waals surface area contributed by atoms with Crippen molar-refractivity contribution in [3.63, 3.8) is 0 Å². The number of thiophene rings is 1. The highest BCUT2D eigenvalue weighted by Gasteiger charge is 2.07. The van der Waals surface area contributed by atoms with Gasteiger partial charge < -0.3 is 0 Å². The second-order valence-corrected chi connectivity index (χ2v) is 4.48. The van der Waals surface area contributed by atoms with Crippen molar-refractivity contribution < 1.29 is 4.92 Å². The first-order valence-corrected chi connectivity index (χ1v) is 5.85. The molecule has 0 atom stereocenters. The third kappa shape index (κ3) is 3.22. The molecule has 0 aliphatic heterocycles. The SMILES string of the molecule is O=[N+]([O-])c1ccc(C=NCc2ccccc2)s1. The Morgan fingerprint density at radius 3 is 2.65 bits per heavy atom. The van der Waals surface area contributed by atoms with E-state index in [1.165, 1.54) is 6.07 Å². The Labute approximate surface area is 102 Å². The number of benzene rings is 1. The summed E-state index contributed by atoms with van der Waals surface area (Å²) in [7, 11) is 0. The van der Waals surface area contributed by atoms with Crippen molar-refractivity contribution in [3.05, 3.63) is 63.0 Å². The maximum Gasteiger partial charge on any atom is 0.324 e. The summed E-state index contributed by atoms with van der Waals surface area (Å²) < 4.78 is 0. The summed E-state index contributed by atoms with van der Waals surface area (Å²) in [6.45, 7) is 0.590. The highest BCUT2D eigenvalue weighted by Crippen LogP contribution is 2.22. The van der Waals surface area contributed by atoms with Gasteiger partial charge in [0.25, 0.3) is 0 Å². The van der Waals surface area contributed by atoms with Gasteiger partial charge in [0.05, 0.1) is 16.3 Å². The van der Waals surface area contributed by atoms with E-state index < -0.39 is 0 Å². The van der Waals surface area contributed by atoms with Crippen molar-refractivity contribution in [2.45, 2.75) is 6.54 Å². The van der Waals surface area contributed by atoms with E-state index in [0.29, 0.717) is 6.54 Å². The molecule has 0 unspecified atom stereocenters. The smallest absolute Gasteiger partial charge is 0.287 e. The molecule has 0 saturated heterocycles. The van der Waals surface area contributed by atoms with Crippen molar-refractivity contribution >= 4 is 22.6 Å². The average molecular weight is 246 g/mol. The topological polar surface area (TPSA) is 55.5 Å². The Morgan fingerprint density at radius 2 is 2.00 bits per heavy atom. The van der Waals surface area contributed by atoms with E-state index in [0.717, 1.165) is 21.8 Å². The van der Waals surface area contributed by atoms with Crippen molar-refractivity contribution in [1.82, 2.24) is 0 Å². The van der Waals surface area contributed by atoms with Crippen LogP contribution in [0.4, 0.5) is 5.00 Å². The van der Waals surface area contributed by atoms with Crippen LogP contribution in [0.2, 0.25) is 0 Å². The fourth-order valence-electron chi connectivity index (χ4n) is 1.33. The van der Waals surface area contributed by atoms with Crippen LogP contribution in [0.5, 0.6) is 0 Å². The van der Waals surface area contributed by atoms with Gasteiger partial charge in [0.15, 0.2) is 0 Å². The zero-order valence-electron chi connectivity index (χ0n) is 8.95. The van der Waals surface area contributed by atoms with Crippen LogP contribution >= 0.6 is 11.3 Å². The van der Waals surface area contributed by atoms with Gasteiger partial charge in [-0.15, -0.1) is 0 Å². The lowest BCUT2D eigenvalue weighted by Gasteiger charge is -1.93. The standard InChI is InChI=1S/C12H10N2O2S/c15-14(16)12-7-6-11(17-12)9-13-8-10-4-2-1-3-5-10/h1-7,9H,8H2. The molecule has 17 heavy (non-hydrogen) atoms. The van der Waals surface area contributed by atoms with Crippen LogP contribution in [0.25, 0.3) is 0 Å². The molecule has 1 aromatic heterocycles. The van der Waals surface area contributed by atoms with E-state index in [9.17, 15) is 10.1 Å². The Morgan fingerprint density at radius 1 is 1.24 bits per heavy atom. The molecule has 5 heteroatoms. The molecule has 1 aromatic carbocycles. The number of hydrogen-bond donors (Lipinski definition) is 0. The van der Waals surface area contributed by atoms with Gasteiger partial charge >= 0.3 is 5.00 Å². The summed E-state index contributed by atoms with van der Waals surface area (Å²) >= 11 is 1.13. The van der Waals surface area contributed by atoms with Crippen molar-refractivity contribution in [2.24, 2.45) is 4.99 Å². The van der Waals surface area contributed by atoms with Gasteiger partial charge in [0.2, 0.25) is 0 Å². The van der Waals surface area contributed by atoms with Gasteiger partial charge in [-0.1, -0.05) is 41.7 Å². The van der Waals surface area contributed by atoms with Crippen molar-refractivity contribution in [3.8, 4) is 0 Å². The summed E-state index contributed by atoms with van der Waals surface area (Å²) in [5, 5.41) is 10.6. The van der Waals surface area contributed by atoms with Crippen LogP contribution < -0.4 is 0 Å². The number of rotatable bonds is 4. The predicted octanol–water partition coefficient (Wildman–Crippen LogP) is 3.28. The molecule has 0 radical (unpaired) electrons. The summed E-state index contributed by atoms with van der Waals surface area (Å²) in [6, 6.07) is 13.1. The molecular formula is C12H10N2O2S. The molecule has 2 aromatic rings. The van der Waals surface area contributed by atoms with Crippen molar-refractivity contribution in [2.75, 3.05) is 0 Å². The van der Waals surface area contributed by atoms with Gasteiger partial charge in [-0.05, 0) is 11.6 Å². The minimum atomic E-state index is -0.390. The van der Waals surface area contributed by atoms with Crippen LogP contribution in [0.1, 0.15) is 10.4 Å². The van der Waals surface area contributed by atoms with Gasteiger partial charge in [-0.25, -0.2) is 0 Å². The molecule has 0 bridgehead atoms. The van der Waals surface area contributed by atoms with E-state index in [1.807, 2.05) is 30.3 Å². The Bertz CT molecular complexity index is 534. The van der Waals surface area contributed by atoms with E-state index in [2.05, 4.69) is 4.99 Å². The fourth-order valence-corrected chi connectivity index (χ4v) is 2.05. The molecule has 0 N–H and O–H groups in total. The van der Waals surface area contributed by atoms with Crippen LogP contribution in [0.3, 0.4) is 0 Å². The number of aliphatic imine (C=N–C) groups is 1. The maximum absolute atomic E-state index is 10.5. The lowest BCUT2D eigenvalue weighted by molar-refractivity contribution is -0.380. The third-order valence-corrected chi connectivity index (χ3v) is 3.10. The summed E-state index contributed by atoms with van der Waals surface area (Å²) in [5.74, 6) is 0. The van der Waals surface area contributed by atoms with E-state index in [1.54, 1.807) is 12.3 Å². The summed E-state index contributed by atoms with van der Waals surface area (Å²) in [6.07, 6.45) is 1.67. The van der Waals surface area contributed by atoms with E-state index in [-0.39, 0.29) is 9.92 Å². The molecule has 2 rings (SSSR count). The fraction of sp³-hybridized carbons (Fsp3) is 0.0833. The largest absolute Gasteiger partial charge is 0.324 e. The normalized spacial score (nSPS) is 10.8. The minimum Gasteiger partial charge on any atom is -0.287 e. The van der Waals surface area contributed by atoms with Gasteiger partial charge in [-0.3, -0.25) is 15.1 Å². The van der Waals surface area contributed by atoms with Gasteiger partial charge in [-0.2, -0.15) is 0 Å². The first-order chi connectivity index (χ1) is 8.25. The highest BCUT2D eigenvalue weighted by molar-refractivity contribution is 7.16. The number of nitro groups is 1. The molecule has 0 saturated carbocycles. The third-order valence-electron chi connectivity index (χ3n) is 2.13. The molecule has 4 nitrogen and oxygen atoms in total. The second-order valence-electron chi connectivity index (χ2n) is 3.39. The average Bonchev–Trinajstić information content (AvgIpc) is 2.79. The summed E-state index contributed by atoms with van der Waals surface area (Å²) in [4.78, 5) is 15.1. The first kappa shape index (κ1) is 11.5. The Balaban J connectivity index is 1.98. The zero-order chi connectivity index (χ0) is 12.1. The lowest BCUT2D eigenvalue weighted by Crippen LogP contribution is -1.81. The summed E-state index contributed by atoms with van der Waals surface area (Å²) in [5.41, 5.74) is 1.12. The first-order valence-electron chi connectivity index (χ1n) is 5.04. The van der Waals surface area contributed by atoms with Gasteiger partial charge in [0, 0.05) is 12.3 Å². The van der Waals surface area contributed by atoms with E-state index in [4.69, 9.17) is 0 Å². The number of nitrogens with zero attached hydrogens (tertiary/aromatic N) is 2. The minimum absolute atomic E-state index is 0.145. The zero-order valence-corrected chi connectivity index (χ0v) is 9.76. The molecule has 86 valence electrons. The van der Waals surface area contributed by atoms with E-state index >= 15 is 0 Å². The van der Waals surface area contributed by atoms with Crippen LogP contribution in [-0.2, 0) is 6.54 Å². The molecule has 0 amide bonds. The number of hydrogen-bond acceptors (Lipinski definition) is 4. The van der Waals surface area contributed by atoms with Crippen LogP contribution in [0.15, 0.2) is 47.5 Å². The second kappa shape index (κ2) is 5.36. The molecule has 0 fully saturated rings. The van der Waals surface area contributed by atoms with Crippen LogP contribution in [-0.4, -0.2) is 11.1 Å². The molecule has 0 spiro atoms.